The molecule has 0 aromatic carbocycles. The topological polar surface area (TPSA) is 60.4 Å². The second-order valence-electron chi connectivity index (χ2n) is 3.99. The number of morpholine rings is 1. The average molecular weight is 210 g/mol. The van der Waals surface area contributed by atoms with E-state index in [4.69, 9.17) is 14.9 Å². The van der Waals surface area contributed by atoms with Crippen molar-refractivity contribution in [3.8, 4) is 0 Å². The lowest BCUT2D eigenvalue weighted by molar-refractivity contribution is 0.0183. The van der Waals surface area contributed by atoms with Gasteiger partial charge in [-0.25, -0.2) is 0 Å². The van der Waals surface area contributed by atoms with Gasteiger partial charge in [0.25, 0.3) is 0 Å². The summed E-state index contributed by atoms with van der Waals surface area (Å²) in [7, 11) is 0. The van der Waals surface area contributed by atoms with Crippen molar-refractivity contribution >= 4 is 0 Å². The molecule has 0 saturated carbocycles. The Morgan fingerprint density at radius 3 is 3.07 bits per heavy atom. The molecular formula is C11H18N2O2. The Balaban J connectivity index is 1.88. The third kappa shape index (κ3) is 2.81. The summed E-state index contributed by atoms with van der Waals surface area (Å²) in [6.07, 6.45) is 1.01. The van der Waals surface area contributed by atoms with Crippen LogP contribution in [0.3, 0.4) is 0 Å². The fourth-order valence-electron chi connectivity index (χ4n) is 1.82. The van der Waals surface area contributed by atoms with E-state index in [0.29, 0.717) is 0 Å². The van der Waals surface area contributed by atoms with Crippen molar-refractivity contribution in [2.45, 2.75) is 25.5 Å². The predicted octanol–water partition coefficient (Wildman–Crippen LogP) is 0.966. The van der Waals surface area contributed by atoms with Gasteiger partial charge in [-0.15, -0.1) is 0 Å². The van der Waals surface area contributed by atoms with Crippen molar-refractivity contribution < 1.29 is 9.15 Å². The molecule has 2 unspecified atom stereocenters. The first-order chi connectivity index (χ1) is 7.25. The highest BCUT2D eigenvalue weighted by molar-refractivity contribution is 5.09. The summed E-state index contributed by atoms with van der Waals surface area (Å²) < 4.78 is 11.1. The normalized spacial score (nSPS) is 24.0. The van der Waals surface area contributed by atoms with Crippen molar-refractivity contribution in [2.75, 3.05) is 19.7 Å². The highest BCUT2D eigenvalue weighted by Crippen LogP contribution is 2.19. The maximum Gasteiger partial charge on any atom is 0.120 e. The largest absolute Gasteiger partial charge is 0.465 e. The lowest BCUT2D eigenvalue weighted by Gasteiger charge is -2.25. The maximum absolute atomic E-state index is 6.04. The first-order valence-corrected chi connectivity index (χ1v) is 5.40. The van der Waals surface area contributed by atoms with E-state index in [1.165, 1.54) is 0 Å². The Morgan fingerprint density at radius 1 is 1.60 bits per heavy atom. The third-order valence-electron chi connectivity index (χ3n) is 2.65. The third-order valence-corrected chi connectivity index (χ3v) is 2.65. The Kier molecular flexibility index (Phi) is 3.41. The zero-order chi connectivity index (χ0) is 10.7. The molecule has 2 rings (SSSR count). The zero-order valence-corrected chi connectivity index (χ0v) is 9.03. The van der Waals surface area contributed by atoms with E-state index in [-0.39, 0.29) is 12.1 Å². The predicted molar refractivity (Wildman–Crippen MR) is 57.6 cm³/mol. The van der Waals surface area contributed by atoms with E-state index in [9.17, 15) is 0 Å². The van der Waals surface area contributed by atoms with Crippen LogP contribution in [0.25, 0.3) is 0 Å². The number of nitrogens with two attached hydrogens (primary N) is 1. The van der Waals surface area contributed by atoms with E-state index in [0.717, 1.165) is 37.6 Å². The van der Waals surface area contributed by atoms with Crippen LogP contribution in [0.4, 0.5) is 0 Å². The van der Waals surface area contributed by atoms with Crippen LogP contribution >= 0.6 is 0 Å². The second kappa shape index (κ2) is 4.79. The molecule has 1 fully saturated rings. The van der Waals surface area contributed by atoms with Crippen LogP contribution in [-0.2, 0) is 4.74 Å². The highest BCUT2D eigenvalue weighted by Gasteiger charge is 2.19. The van der Waals surface area contributed by atoms with Crippen LogP contribution in [0.2, 0.25) is 0 Å². The molecular weight excluding hydrogens is 192 g/mol. The van der Waals surface area contributed by atoms with Gasteiger partial charge >= 0.3 is 0 Å². The summed E-state index contributed by atoms with van der Waals surface area (Å²) >= 11 is 0. The van der Waals surface area contributed by atoms with E-state index in [1.807, 2.05) is 19.1 Å². The first-order valence-electron chi connectivity index (χ1n) is 5.40. The number of rotatable bonds is 3. The summed E-state index contributed by atoms with van der Waals surface area (Å²) in [5.41, 5.74) is 6.04. The Morgan fingerprint density at radius 2 is 2.47 bits per heavy atom. The molecule has 0 aliphatic carbocycles. The van der Waals surface area contributed by atoms with Crippen LogP contribution in [0.1, 0.15) is 24.0 Å². The van der Waals surface area contributed by atoms with Crippen LogP contribution in [0, 0.1) is 6.92 Å². The van der Waals surface area contributed by atoms with E-state index in [1.54, 1.807) is 0 Å². The number of nitrogens with one attached hydrogen (secondary N) is 1. The summed E-state index contributed by atoms with van der Waals surface area (Å²) in [6, 6.07) is 3.81. The molecule has 0 bridgehead atoms. The summed E-state index contributed by atoms with van der Waals surface area (Å²) in [6.45, 7) is 4.52. The van der Waals surface area contributed by atoms with Crippen LogP contribution in [0.5, 0.6) is 0 Å². The summed E-state index contributed by atoms with van der Waals surface area (Å²) in [4.78, 5) is 0. The smallest absolute Gasteiger partial charge is 0.120 e. The molecule has 1 aromatic rings. The number of aryl methyl sites for hydroxylation is 1. The van der Waals surface area contributed by atoms with Crippen molar-refractivity contribution in [3.63, 3.8) is 0 Å². The SMILES string of the molecule is Cc1ccc(C(N)CC2CNCCO2)o1. The quantitative estimate of drug-likeness (QED) is 0.780. The molecule has 1 saturated heterocycles. The summed E-state index contributed by atoms with van der Waals surface area (Å²) in [5.74, 6) is 1.75. The highest BCUT2D eigenvalue weighted by atomic mass is 16.5. The van der Waals surface area contributed by atoms with Gasteiger partial charge in [-0.2, -0.15) is 0 Å². The van der Waals surface area contributed by atoms with Crippen LogP contribution < -0.4 is 11.1 Å². The molecule has 2 heterocycles. The molecule has 0 radical (unpaired) electrons. The van der Waals surface area contributed by atoms with Gasteiger partial charge in [-0.1, -0.05) is 0 Å². The van der Waals surface area contributed by atoms with Gasteiger partial charge in [-0.05, 0) is 25.5 Å². The van der Waals surface area contributed by atoms with E-state index in [2.05, 4.69) is 5.32 Å². The van der Waals surface area contributed by atoms with Crippen LogP contribution in [-0.4, -0.2) is 25.8 Å². The molecule has 2 atom stereocenters. The zero-order valence-electron chi connectivity index (χ0n) is 9.03. The van der Waals surface area contributed by atoms with E-state index >= 15 is 0 Å². The molecule has 1 aromatic heterocycles. The molecule has 3 N–H and O–H groups in total. The van der Waals surface area contributed by atoms with Gasteiger partial charge in [0.05, 0.1) is 18.8 Å². The number of hydrogen-bond acceptors (Lipinski definition) is 4. The van der Waals surface area contributed by atoms with Gasteiger partial charge in [-0.3, -0.25) is 0 Å². The van der Waals surface area contributed by atoms with Gasteiger partial charge in [0.15, 0.2) is 0 Å². The molecule has 0 amide bonds. The second-order valence-corrected chi connectivity index (χ2v) is 3.99. The Hall–Kier alpha value is -0.840. The molecule has 4 heteroatoms. The molecule has 4 nitrogen and oxygen atoms in total. The van der Waals surface area contributed by atoms with Gasteiger partial charge < -0.3 is 20.2 Å². The van der Waals surface area contributed by atoms with Crippen LogP contribution in [0.15, 0.2) is 16.5 Å². The van der Waals surface area contributed by atoms with Gasteiger partial charge in [0, 0.05) is 13.1 Å². The Labute approximate surface area is 89.8 Å². The fourth-order valence-corrected chi connectivity index (χ4v) is 1.82. The molecule has 0 spiro atoms. The molecule has 84 valence electrons. The maximum atomic E-state index is 6.04. The lowest BCUT2D eigenvalue weighted by atomic mass is 10.1. The first kappa shape index (κ1) is 10.7. The molecule has 1 aliphatic rings. The monoisotopic (exact) mass is 210 g/mol. The fraction of sp³-hybridized carbons (Fsp3) is 0.636. The minimum Gasteiger partial charge on any atom is -0.465 e. The van der Waals surface area contributed by atoms with Crippen molar-refractivity contribution in [1.82, 2.24) is 5.32 Å². The summed E-state index contributed by atoms with van der Waals surface area (Å²) in [5, 5.41) is 3.29. The van der Waals surface area contributed by atoms with Gasteiger partial charge in [0.1, 0.15) is 11.5 Å². The molecule has 1 aliphatic heterocycles. The minimum absolute atomic E-state index is 0.0661. The number of ether oxygens (including phenoxy) is 1. The Bertz CT molecular complexity index is 305. The standard InChI is InChI=1S/C11H18N2O2/c1-8-2-3-11(15-8)10(12)6-9-7-13-4-5-14-9/h2-3,9-10,13H,4-7,12H2,1H3. The van der Waals surface area contributed by atoms with Crippen molar-refractivity contribution in [1.29, 1.82) is 0 Å². The van der Waals surface area contributed by atoms with Gasteiger partial charge in [0.2, 0.25) is 0 Å². The number of hydrogen-bond donors (Lipinski definition) is 2. The van der Waals surface area contributed by atoms with E-state index < -0.39 is 0 Å². The molecule has 15 heavy (non-hydrogen) atoms. The number of furan rings is 1. The minimum atomic E-state index is -0.0661. The lowest BCUT2D eigenvalue weighted by Crippen LogP contribution is -2.40. The average Bonchev–Trinajstić information content (AvgIpc) is 2.66. The van der Waals surface area contributed by atoms with Crippen molar-refractivity contribution in [3.05, 3.63) is 23.7 Å². The van der Waals surface area contributed by atoms with Crippen molar-refractivity contribution in [2.24, 2.45) is 5.73 Å².